The number of hydrogen-bond donors (Lipinski definition) is 1. The molecule has 2 heterocycles. The zero-order valence-electron chi connectivity index (χ0n) is 18.1. The zero-order chi connectivity index (χ0) is 22.7. The number of hydrogen-bond acceptors (Lipinski definition) is 4. The summed E-state index contributed by atoms with van der Waals surface area (Å²) in [6.07, 6.45) is 4.86. The van der Waals surface area contributed by atoms with Gasteiger partial charge in [0.15, 0.2) is 0 Å². The highest BCUT2D eigenvalue weighted by Crippen LogP contribution is 2.37. The van der Waals surface area contributed by atoms with Crippen LogP contribution in [0, 0.1) is 12.7 Å². The van der Waals surface area contributed by atoms with Crippen LogP contribution >= 0.6 is 0 Å². The van der Waals surface area contributed by atoms with Gasteiger partial charge in [0.1, 0.15) is 23.0 Å². The third-order valence-electron chi connectivity index (χ3n) is 5.07. The van der Waals surface area contributed by atoms with Crippen molar-refractivity contribution >= 4 is 28.3 Å². The smallest absolute Gasteiger partial charge is 0.249 e. The van der Waals surface area contributed by atoms with E-state index in [1.54, 1.807) is 30.7 Å². The third kappa shape index (κ3) is 4.54. The molecule has 0 unspecified atom stereocenters. The molecule has 4 aromatic rings. The van der Waals surface area contributed by atoms with Crippen molar-refractivity contribution in [3.63, 3.8) is 0 Å². The van der Waals surface area contributed by atoms with Gasteiger partial charge in [-0.15, -0.1) is 0 Å². The Morgan fingerprint density at radius 1 is 1.19 bits per heavy atom. The van der Waals surface area contributed by atoms with Gasteiger partial charge in [0.05, 0.1) is 12.9 Å². The zero-order valence-corrected chi connectivity index (χ0v) is 18.1. The summed E-state index contributed by atoms with van der Waals surface area (Å²) in [5.74, 6) is 0.523. The molecule has 5 nitrogen and oxygen atoms in total. The molecule has 0 atom stereocenters. The van der Waals surface area contributed by atoms with Crippen LogP contribution in [-0.2, 0) is 4.79 Å². The van der Waals surface area contributed by atoms with Crippen LogP contribution in [0.3, 0.4) is 0 Å². The van der Waals surface area contributed by atoms with Crippen LogP contribution in [0.15, 0.2) is 71.5 Å². The Bertz CT molecular complexity index is 1290. The minimum Gasteiger partial charge on any atom is -0.493 e. The summed E-state index contributed by atoms with van der Waals surface area (Å²) in [7, 11) is 0. The fourth-order valence-corrected chi connectivity index (χ4v) is 3.47. The van der Waals surface area contributed by atoms with Gasteiger partial charge in [0.2, 0.25) is 5.91 Å². The van der Waals surface area contributed by atoms with Gasteiger partial charge in [0, 0.05) is 34.9 Å². The molecular formula is C26H23FN2O3. The number of anilines is 1. The molecule has 0 aliphatic heterocycles. The number of amides is 1. The van der Waals surface area contributed by atoms with Crippen molar-refractivity contribution in [1.82, 2.24) is 4.98 Å². The molecule has 0 bridgehead atoms. The molecule has 2 aromatic carbocycles. The maximum atomic E-state index is 13.4. The molecule has 0 aliphatic carbocycles. The molecule has 1 N–H and O–H groups in total. The van der Waals surface area contributed by atoms with Gasteiger partial charge < -0.3 is 14.5 Å². The molecule has 4 rings (SSSR count). The van der Waals surface area contributed by atoms with E-state index in [0.29, 0.717) is 23.8 Å². The number of rotatable bonds is 6. The van der Waals surface area contributed by atoms with Gasteiger partial charge in [-0.3, -0.25) is 4.79 Å². The van der Waals surface area contributed by atoms with Crippen molar-refractivity contribution in [2.24, 2.45) is 0 Å². The number of carbonyl (C=O) groups is 1. The molecule has 6 heteroatoms. The number of carbonyl (C=O) groups excluding carboxylic acids is 1. The average molecular weight is 430 g/mol. The van der Waals surface area contributed by atoms with E-state index in [2.05, 4.69) is 10.3 Å². The van der Waals surface area contributed by atoms with Crippen molar-refractivity contribution in [3.05, 3.63) is 84.0 Å². The van der Waals surface area contributed by atoms with Gasteiger partial charge in [-0.25, -0.2) is 9.37 Å². The second-order valence-corrected chi connectivity index (χ2v) is 7.47. The standard InChI is InChI=1S/C26H23FN2O3/c1-4-31-23-13-24-21(22(15-32-24)18-6-8-19(27)9-7-18)12-20(23)17(3)11-26(30)29-25-10-5-16(2)14-28-25/h5-15H,4H2,1-3H3,(H,28,29,30)/b17-11+. The lowest BCUT2D eigenvalue weighted by molar-refractivity contribution is -0.111. The van der Waals surface area contributed by atoms with E-state index in [1.807, 2.05) is 39.0 Å². The number of allylic oxidation sites excluding steroid dienone is 1. The number of aromatic nitrogens is 1. The number of aryl methyl sites for hydroxylation is 1. The molecule has 0 radical (unpaired) electrons. The largest absolute Gasteiger partial charge is 0.493 e. The summed E-state index contributed by atoms with van der Waals surface area (Å²) in [4.78, 5) is 16.8. The number of pyridine rings is 1. The Balaban J connectivity index is 1.71. The molecule has 0 saturated heterocycles. The Morgan fingerprint density at radius 3 is 2.66 bits per heavy atom. The highest BCUT2D eigenvalue weighted by molar-refractivity contribution is 6.05. The lowest BCUT2D eigenvalue weighted by atomic mass is 9.99. The first kappa shape index (κ1) is 21.3. The number of benzene rings is 2. The molecule has 0 spiro atoms. The minimum atomic E-state index is -0.297. The summed E-state index contributed by atoms with van der Waals surface area (Å²) in [6, 6.07) is 13.6. The highest BCUT2D eigenvalue weighted by atomic mass is 19.1. The van der Waals surface area contributed by atoms with Gasteiger partial charge in [-0.05, 0) is 61.7 Å². The van der Waals surface area contributed by atoms with E-state index < -0.39 is 0 Å². The number of furan rings is 1. The van der Waals surface area contributed by atoms with E-state index in [0.717, 1.165) is 33.2 Å². The fourth-order valence-electron chi connectivity index (χ4n) is 3.47. The lowest BCUT2D eigenvalue weighted by Gasteiger charge is -2.12. The van der Waals surface area contributed by atoms with Crippen LogP contribution in [-0.4, -0.2) is 17.5 Å². The summed E-state index contributed by atoms with van der Waals surface area (Å²) >= 11 is 0. The van der Waals surface area contributed by atoms with E-state index in [9.17, 15) is 9.18 Å². The predicted octanol–water partition coefficient (Wildman–Crippen LogP) is 6.38. The predicted molar refractivity (Wildman–Crippen MR) is 124 cm³/mol. The van der Waals surface area contributed by atoms with Crippen LogP contribution in [0.1, 0.15) is 25.0 Å². The molecule has 162 valence electrons. The highest BCUT2D eigenvalue weighted by Gasteiger charge is 2.15. The Hall–Kier alpha value is -3.93. The molecule has 0 fully saturated rings. The molecule has 0 aliphatic rings. The second kappa shape index (κ2) is 9.06. The number of nitrogens with zero attached hydrogens (tertiary/aromatic N) is 1. The number of halogens is 1. The van der Waals surface area contributed by atoms with Crippen LogP contribution in [0.2, 0.25) is 0 Å². The summed E-state index contributed by atoms with van der Waals surface area (Å²) < 4.78 is 24.9. The fraction of sp³-hybridized carbons (Fsp3) is 0.154. The van der Waals surface area contributed by atoms with Crippen molar-refractivity contribution in [2.45, 2.75) is 20.8 Å². The monoisotopic (exact) mass is 430 g/mol. The number of nitrogens with one attached hydrogen (secondary N) is 1. The average Bonchev–Trinajstić information content (AvgIpc) is 3.18. The van der Waals surface area contributed by atoms with Crippen LogP contribution < -0.4 is 10.1 Å². The molecule has 2 aromatic heterocycles. The molecule has 32 heavy (non-hydrogen) atoms. The van der Waals surface area contributed by atoms with Gasteiger partial charge >= 0.3 is 0 Å². The van der Waals surface area contributed by atoms with E-state index in [1.165, 1.54) is 18.2 Å². The SMILES string of the molecule is CCOc1cc2occ(-c3ccc(F)cc3)c2cc1/C(C)=C/C(=O)Nc1ccc(C)cn1. The van der Waals surface area contributed by atoms with Crippen molar-refractivity contribution in [2.75, 3.05) is 11.9 Å². The summed E-state index contributed by atoms with van der Waals surface area (Å²) in [5, 5.41) is 3.63. The molecular weight excluding hydrogens is 407 g/mol. The normalized spacial score (nSPS) is 11.6. The summed E-state index contributed by atoms with van der Waals surface area (Å²) in [5.41, 5.74) is 4.84. The van der Waals surface area contributed by atoms with Crippen LogP contribution in [0.4, 0.5) is 10.2 Å². The maximum absolute atomic E-state index is 13.4. The topological polar surface area (TPSA) is 64.4 Å². The van der Waals surface area contributed by atoms with E-state index in [4.69, 9.17) is 9.15 Å². The first-order valence-electron chi connectivity index (χ1n) is 10.3. The first-order valence-corrected chi connectivity index (χ1v) is 10.3. The first-order chi connectivity index (χ1) is 15.4. The van der Waals surface area contributed by atoms with E-state index in [-0.39, 0.29) is 11.7 Å². The van der Waals surface area contributed by atoms with Gasteiger partial charge in [-0.2, -0.15) is 0 Å². The van der Waals surface area contributed by atoms with E-state index >= 15 is 0 Å². The van der Waals surface area contributed by atoms with Crippen molar-refractivity contribution in [3.8, 4) is 16.9 Å². The number of fused-ring (bicyclic) bond motifs is 1. The van der Waals surface area contributed by atoms with Gasteiger partial charge in [0.25, 0.3) is 0 Å². The quantitative estimate of drug-likeness (QED) is 0.360. The summed E-state index contributed by atoms with van der Waals surface area (Å²) in [6.45, 7) is 6.15. The number of ether oxygens (including phenoxy) is 1. The Morgan fingerprint density at radius 2 is 1.97 bits per heavy atom. The minimum absolute atomic E-state index is 0.285. The Kier molecular flexibility index (Phi) is 6.03. The lowest BCUT2D eigenvalue weighted by Crippen LogP contribution is -2.10. The third-order valence-corrected chi connectivity index (χ3v) is 5.07. The van der Waals surface area contributed by atoms with Crippen molar-refractivity contribution < 1.29 is 18.3 Å². The van der Waals surface area contributed by atoms with Gasteiger partial charge in [-0.1, -0.05) is 18.2 Å². The van der Waals surface area contributed by atoms with Crippen molar-refractivity contribution in [1.29, 1.82) is 0 Å². The van der Waals surface area contributed by atoms with Crippen LogP contribution in [0.5, 0.6) is 5.75 Å². The second-order valence-electron chi connectivity index (χ2n) is 7.47. The molecule has 0 saturated carbocycles. The maximum Gasteiger partial charge on any atom is 0.249 e. The molecule has 1 amide bonds. The Labute approximate surface area is 185 Å². The van der Waals surface area contributed by atoms with Crippen LogP contribution in [0.25, 0.3) is 27.7 Å².